The molecule has 2 saturated heterocycles. The molecule has 3 heterocycles. The summed E-state index contributed by atoms with van der Waals surface area (Å²) < 4.78 is 0. The van der Waals surface area contributed by atoms with E-state index in [1.54, 1.807) is 0 Å². The first kappa shape index (κ1) is 18.4. The van der Waals surface area contributed by atoms with Crippen LogP contribution >= 0.6 is 0 Å². The van der Waals surface area contributed by atoms with Crippen LogP contribution in [0.15, 0.2) is 59.6 Å². The molecule has 3 aliphatic heterocycles. The van der Waals surface area contributed by atoms with Gasteiger partial charge in [-0.3, -0.25) is 19.6 Å². The number of carbonyl (C=O) groups is 1. The lowest BCUT2D eigenvalue weighted by Crippen LogP contribution is -2.65. The van der Waals surface area contributed by atoms with Gasteiger partial charge in [-0.1, -0.05) is 54.6 Å². The minimum absolute atomic E-state index is 0.0218. The normalized spacial score (nSPS) is 24.3. The molecule has 2 unspecified atom stereocenters. The smallest absolute Gasteiger partial charge is 0.235 e. The maximum atomic E-state index is 13.3. The monoisotopic (exact) mass is 388 g/mol. The predicted octanol–water partition coefficient (Wildman–Crippen LogP) is 2.90. The van der Waals surface area contributed by atoms with E-state index in [0.717, 1.165) is 51.6 Å². The standard InChI is InChI=1S/C24H28N4O/c1-18-7-5-6-10-20(18)16-28-22-11-13-26(15-19-8-3-2-4-9-19)17-21(22)23(29)27-14-12-25-24(27)28/h2-10,21-22H,11-17H2,1H3. The van der Waals surface area contributed by atoms with Crippen molar-refractivity contribution in [2.45, 2.75) is 32.5 Å². The topological polar surface area (TPSA) is 39.1 Å². The van der Waals surface area contributed by atoms with Crippen molar-refractivity contribution >= 4 is 11.9 Å². The molecule has 5 heteroatoms. The van der Waals surface area contributed by atoms with Crippen LogP contribution in [-0.4, -0.2) is 58.8 Å². The number of guanidine groups is 1. The minimum Gasteiger partial charge on any atom is -0.334 e. The van der Waals surface area contributed by atoms with E-state index in [2.05, 4.69) is 71.3 Å². The van der Waals surface area contributed by atoms with Gasteiger partial charge in [-0.2, -0.15) is 0 Å². The van der Waals surface area contributed by atoms with E-state index in [1.807, 2.05) is 4.90 Å². The second-order valence-electron chi connectivity index (χ2n) is 8.41. The molecule has 3 aliphatic rings. The van der Waals surface area contributed by atoms with Crippen LogP contribution in [0.3, 0.4) is 0 Å². The molecule has 5 rings (SSSR count). The Morgan fingerprint density at radius 1 is 1.00 bits per heavy atom. The van der Waals surface area contributed by atoms with E-state index in [4.69, 9.17) is 4.99 Å². The molecule has 0 aliphatic carbocycles. The van der Waals surface area contributed by atoms with Gasteiger partial charge < -0.3 is 4.90 Å². The van der Waals surface area contributed by atoms with Gasteiger partial charge in [0.2, 0.25) is 11.9 Å². The molecule has 2 fully saturated rings. The van der Waals surface area contributed by atoms with Gasteiger partial charge in [-0.15, -0.1) is 0 Å². The van der Waals surface area contributed by atoms with Crippen LogP contribution in [0, 0.1) is 12.8 Å². The molecule has 0 saturated carbocycles. The highest BCUT2D eigenvalue weighted by Gasteiger charge is 2.48. The first-order chi connectivity index (χ1) is 14.2. The number of fused-ring (bicyclic) bond motifs is 2. The summed E-state index contributed by atoms with van der Waals surface area (Å²) in [5.41, 5.74) is 3.93. The van der Waals surface area contributed by atoms with Gasteiger partial charge in [-0.25, -0.2) is 0 Å². The lowest BCUT2D eigenvalue weighted by atomic mass is 9.87. The maximum Gasteiger partial charge on any atom is 0.235 e. The number of likely N-dealkylation sites (tertiary alicyclic amines) is 1. The Bertz CT molecular complexity index is 925. The fourth-order valence-corrected chi connectivity index (χ4v) is 5.01. The van der Waals surface area contributed by atoms with Crippen molar-refractivity contribution in [3.8, 4) is 0 Å². The predicted molar refractivity (Wildman–Crippen MR) is 114 cm³/mol. The minimum atomic E-state index is 0.0218. The number of aliphatic imine (C=N–C) groups is 1. The first-order valence-corrected chi connectivity index (χ1v) is 10.6. The summed E-state index contributed by atoms with van der Waals surface area (Å²) in [5.74, 6) is 1.19. The van der Waals surface area contributed by atoms with Gasteiger partial charge in [0.05, 0.1) is 12.5 Å². The van der Waals surface area contributed by atoms with Crippen molar-refractivity contribution in [3.05, 3.63) is 71.3 Å². The average molecular weight is 389 g/mol. The van der Waals surface area contributed by atoms with Gasteiger partial charge in [-0.05, 0) is 30.0 Å². The number of rotatable bonds is 4. The Balaban J connectivity index is 1.39. The number of carbonyl (C=O) groups excluding carboxylic acids is 1. The van der Waals surface area contributed by atoms with Crippen molar-refractivity contribution in [2.24, 2.45) is 10.9 Å². The summed E-state index contributed by atoms with van der Waals surface area (Å²) in [6.07, 6.45) is 1.00. The van der Waals surface area contributed by atoms with Gasteiger partial charge >= 0.3 is 0 Å². The van der Waals surface area contributed by atoms with Crippen molar-refractivity contribution in [1.29, 1.82) is 0 Å². The molecule has 0 aromatic heterocycles. The zero-order valence-electron chi connectivity index (χ0n) is 17.0. The van der Waals surface area contributed by atoms with E-state index in [0.29, 0.717) is 0 Å². The molecular formula is C24H28N4O. The number of piperidine rings is 1. The van der Waals surface area contributed by atoms with E-state index >= 15 is 0 Å². The molecule has 0 bridgehead atoms. The van der Waals surface area contributed by atoms with E-state index in [9.17, 15) is 4.79 Å². The molecule has 2 atom stereocenters. The summed E-state index contributed by atoms with van der Waals surface area (Å²) in [6, 6.07) is 19.4. The van der Waals surface area contributed by atoms with Crippen LogP contribution < -0.4 is 0 Å². The zero-order valence-corrected chi connectivity index (χ0v) is 17.0. The molecule has 5 nitrogen and oxygen atoms in total. The second kappa shape index (κ2) is 7.64. The molecule has 29 heavy (non-hydrogen) atoms. The largest absolute Gasteiger partial charge is 0.334 e. The Morgan fingerprint density at radius 2 is 1.79 bits per heavy atom. The Morgan fingerprint density at radius 3 is 2.62 bits per heavy atom. The van der Waals surface area contributed by atoms with Crippen LogP contribution in [0.1, 0.15) is 23.1 Å². The van der Waals surface area contributed by atoms with Crippen molar-refractivity contribution in [3.63, 3.8) is 0 Å². The number of hydrogen-bond acceptors (Lipinski definition) is 4. The molecular weight excluding hydrogens is 360 g/mol. The van der Waals surface area contributed by atoms with E-state index in [-0.39, 0.29) is 17.9 Å². The summed E-state index contributed by atoms with van der Waals surface area (Å²) in [5, 5.41) is 0. The van der Waals surface area contributed by atoms with Crippen LogP contribution in [0.4, 0.5) is 0 Å². The van der Waals surface area contributed by atoms with Gasteiger partial charge in [0.15, 0.2) is 0 Å². The number of amides is 1. The van der Waals surface area contributed by atoms with Crippen molar-refractivity contribution < 1.29 is 4.79 Å². The molecule has 0 radical (unpaired) electrons. The SMILES string of the molecule is Cc1ccccc1CN1C2=NCCN2C(=O)C2CN(Cc3ccccc3)CCC21. The summed E-state index contributed by atoms with van der Waals surface area (Å²) in [6.45, 7) is 7.19. The van der Waals surface area contributed by atoms with Crippen molar-refractivity contribution in [1.82, 2.24) is 14.7 Å². The molecule has 0 N–H and O–H groups in total. The van der Waals surface area contributed by atoms with Crippen LogP contribution in [-0.2, 0) is 17.9 Å². The molecule has 2 aromatic carbocycles. The third-order valence-electron chi connectivity index (χ3n) is 6.57. The first-order valence-electron chi connectivity index (χ1n) is 10.6. The Hall–Kier alpha value is -2.66. The zero-order chi connectivity index (χ0) is 19.8. The lowest BCUT2D eigenvalue weighted by molar-refractivity contribution is -0.139. The fraction of sp³-hybridized carbons (Fsp3) is 0.417. The quantitative estimate of drug-likeness (QED) is 0.809. The highest BCUT2D eigenvalue weighted by molar-refractivity contribution is 6.02. The highest BCUT2D eigenvalue weighted by atomic mass is 16.2. The van der Waals surface area contributed by atoms with Crippen LogP contribution in [0.5, 0.6) is 0 Å². The molecule has 0 spiro atoms. The lowest BCUT2D eigenvalue weighted by Gasteiger charge is -2.50. The summed E-state index contributed by atoms with van der Waals surface area (Å²) in [7, 11) is 0. The van der Waals surface area contributed by atoms with Crippen LogP contribution in [0.2, 0.25) is 0 Å². The van der Waals surface area contributed by atoms with Crippen LogP contribution in [0.25, 0.3) is 0 Å². The number of nitrogens with zero attached hydrogens (tertiary/aromatic N) is 4. The summed E-state index contributed by atoms with van der Waals surface area (Å²) >= 11 is 0. The molecule has 1 amide bonds. The Labute approximate surface area is 172 Å². The van der Waals surface area contributed by atoms with E-state index < -0.39 is 0 Å². The molecule has 2 aromatic rings. The highest BCUT2D eigenvalue weighted by Crippen LogP contribution is 2.33. The number of hydrogen-bond donors (Lipinski definition) is 0. The third kappa shape index (κ3) is 3.44. The van der Waals surface area contributed by atoms with Crippen molar-refractivity contribution in [2.75, 3.05) is 26.2 Å². The third-order valence-corrected chi connectivity index (χ3v) is 6.57. The fourth-order valence-electron chi connectivity index (χ4n) is 5.01. The van der Waals surface area contributed by atoms with Gasteiger partial charge in [0.25, 0.3) is 0 Å². The maximum absolute atomic E-state index is 13.3. The number of aryl methyl sites for hydroxylation is 1. The molecule has 150 valence electrons. The van der Waals surface area contributed by atoms with Gasteiger partial charge in [0.1, 0.15) is 0 Å². The van der Waals surface area contributed by atoms with Gasteiger partial charge in [0, 0.05) is 38.8 Å². The number of benzene rings is 2. The average Bonchev–Trinajstić information content (AvgIpc) is 3.23. The summed E-state index contributed by atoms with van der Waals surface area (Å²) in [4.78, 5) is 24.8. The Kier molecular flexibility index (Phi) is 4.84. The second-order valence-corrected chi connectivity index (χ2v) is 8.41. The van der Waals surface area contributed by atoms with E-state index in [1.165, 1.54) is 16.7 Å².